The van der Waals surface area contributed by atoms with Crippen LogP contribution in [0.5, 0.6) is 0 Å². The number of benzene rings is 1. The Bertz CT molecular complexity index is 798. The molecule has 1 unspecified atom stereocenters. The molecule has 3 rings (SSSR count). The first-order valence-electron chi connectivity index (χ1n) is 9.00. The second-order valence-electron chi connectivity index (χ2n) is 6.89. The zero-order valence-electron chi connectivity index (χ0n) is 14.9. The molecule has 2 aromatic rings. The van der Waals surface area contributed by atoms with E-state index in [1.165, 1.54) is 5.56 Å². The molecule has 1 atom stereocenters. The van der Waals surface area contributed by atoms with E-state index in [0.29, 0.717) is 5.92 Å². The summed E-state index contributed by atoms with van der Waals surface area (Å²) >= 11 is 3.30. The number of likely N-dealkylation sites (tertiary alicyclic amines) is 1. The first kappa shape index (κ1) is 18.9. The quantitative estimate of drug-likeness (QED) is 0.782. The van der Waals surface area contributed by atoms with Gasteiger partial charge < -0.3 is 10.3 Å². The molecule has 1 saturated heterocycles. The zero-order valence-corrected chi connectivity index (χ0v) is 16.5. The van der Waals surface area contributed by atoms with Crippen molar-refractivity contribution in [2.75, 3.05) is 18.4 Å². The van der Waals surface area contributed by atoms with E-state index in [-0.39, 0.29) is 23.2 Å². The van der Waals surface area contributed by atoms with Crippen LogP contribution in [-0.2, 0) is 11.2 Å². The lowest BCUT2D eigenvalue weighted by Crippen LogP contribution is -2.46. The topological polar surface area (TPSA) is 65.2 Å². The van der Waals surface area contributed by atoms with Gasteiger partial charge in [-0.2, -0.15) is 0 Å². The molecule has 0 aliphatic carbocycles. The molecule has 2 N–H and O–H groups in total. The Hall–Kier alpha value is -1.92. The van der Waals surface area contributed by atoms with Gasteiger partial charge in [0.15, 0.2) is 0 Å². The molecule has 138 valence electrons. The standard InChI is InChI=1S/C20H24BrN3O2/c1-14(19(25)23-18-12-17(21)13-22-20(18)26)24-9-7-16(8-10-24)11-15-5-3-2-4-6-15/h2-6,12-14,16H,7-11H2,1H3,(H,22,26)(H,23,25). The number of halogens is 1. The number of aromatic amines is 1. The van der Waals surface area contributed by atoms with Crippen LogP contribution in [0, 0.1) is 5.92 Å². The lowest BCUT2D eigenvalue weighted by Gasteiger charge is -2.35. The first-order valence-corrected chi connectivity index (χ1v) is 9.79. The summed E-state index contributed by atoms with van der Waals surface area (Å²) in [4.78, 5) is 29.1. The number of hydrogen-bond donors (Lipinski definition) is 2. The van der Waals surface area contributed by atoms with Crippen LogP contribution in [0.25, 0.3) is 0 Å². The maximum absolute atomic E-state index is 12.5. The maximum Gasteiger partial charge on any atom is 0.271 e. The third kappa shape index (κ3) is 4.83. The van der Waals surface area contributed by atoms with Crippen LogP contribution in [0.2, 0.25) is 0 Å². The smallest absolute Gasteiger partial charge is 0.271 e. The summed E-state index contributed by atoms with van der Waals surface area (Å²) in [5.41, 5.74) is 1.36. The molecule has 1 aromatic heterocycles. The van der Waals surface area contributed by atoms with E-state index in [0.717, 1.165) is 36.8 Å². The average Bonchev–Trinajstić information content (AvgIpc) is 2.65. The van der Waals surface area contributed by atoms with Crippen LogP contribution in [0.4, 0.5) is 5.69 Å². The molecule has 1 aliphatic heterocycles. The van der Waals surface area contributed by atoms with Crippen molar-refractivity contribution in [2.45, 2.75) is 32.2 Å². The fourth-order valence-corrected chi connectivity index (χ4v) is 3.79. The monoisotopic (exact) mass is 417 g/mol. The number of nitrogens with zero attached hydrogens (tertiary/aromatic N) is 1. The van der Waals surface area contributed by atoms with E-state index in [4.69, 9.17) is 0 Å². The molecular formula is C20H24BrN3O2. The highest BCUT2D eigenvalue weighted by atomic mass is 79.9. The second kappa shape index (κ2) is 8.64. The van der Waals surface area contributed by atoms with Crippen molar-refractivity contribution in [3.63, 3.8) is 0 Å². The van der Waals surface area contributed by atoms with Gasteiger partial charge in [0.1, 0.15) is 5.69 Å². The zero-order chi connectivity index (χ0) is 18.5. The third-order valence-electron chi connectivity index (χ3n) is 5.07. The summed E-state index contributed by atoms with van der Waals surface area (Å²) in [5.74, 6) is 0.520. The molecule has 26 heavy (non-hydrogen) atoms. The Morgan fingerprint density at radius 1 is 1.31 bits per heavy atom. The Balaban J connectivity index is 1.53. The molecule has 1 aliphatic rings. The number of aromatic nitrogens is 1. The fraction of sp³-hybridized carbons (Fsp3) is 0.400. The van der Waals surface area contributed by atoms with Crippen LogP contribution in [0.3, 0.4) is 0 Å². The number of rotatable bonds is 5. The van der Waals surface area contributed by atoms with Crippen molar-refractivity contribution in [1.29, 1.82) is 0 Å². The van der Waals surface area contributed by atoms with Gasteiger partial charge in [0.25, 0.3) is 5.56 Å². The van der Waals surface area contributed by atoms with Crippen molar-refractivity contribution in [3.05, 3.63) is 63.0 Å². The summed E-state index contributed by atoms with van der Waals surface area (Å²) in [5, 5.41) is 2.74. The van der Waals surface area contributed by atoms with Gasteiger partial charge in [0.05, 0.1) is 6.04 Å². The van der Waals surface area contributed by atoms with Crippen molar-refractivity contribution >= 4 is 27.5 Å². The van der Waals surface area contributed by atoms with Gasteiger partial charge in [-0.3, -0.25) is 14.5 Å². The highest BCUT2D eigenvalue weighted by Gasteiger charge is 2.27. The van der Waals surface area contributed by atoms with Gasteiger partial charge in [0, 0.05) is 10.7 Å². The lowest BCUT2D eigenvalue weighted by molar-refractivity contribution is -0.121. The highest BCUT2D eigenvalue weighted by Crippen LogP contribution is 2.23. The number of carbonyl (C=O) groups excluding carboxylic acids is 1. The highest BCUT2D eigenvalue weighted by molar-refractivity contribution is 9.10. The number of carbonyl (C=O) groups is 1. The van der Waals surface area contributed by atoms with E-state index < -0.39 is 0 Å². The minimum Gasteiger partial charge on any atom is -0.326 e. The maximum atomic E-state index is 12.5. The number of piperidine rings is 1. The van der Waals surface area contributed by atoms with Crippen molar-refractivity contribution in [3.8, 4) is 0 Å². The van der Waals surface area contributed by atoms with Crippen molar-refractivity contribution in [1.82, 2.24) is 9.88 Å². The fourth-order valence-electron chi connectivity index (χ4n) is 3.44. The van der Waals surface area contributed by atoms with Gasteiger partial charge in [0.2, 0.25) is 5.91 Å². The summed E-state index contributed by atoms with van der Waals surface area (Å²) in [6.45, 7) is 3.71. The van der Waals surface area contributed by atoms with Crippen LogP contribution >= 0.6 is 15.9 Å². The van der Waals surface area contributed by atoms with Gasteiger partial charge in [-0.05, 0) is 72.8 Å². The SMILES string of the molecule is CC(C(=O)Nc1cc(Br)c[nH]c1=O)N1CCC(Cc2ccccc2)CC1. The second-order valence-corrected chi connectivity index (χ2v) is 7.81. The van der Waals surface area contributed by atoms with Gasteiger partial charge in [-0.15, -0.1) is 0 Å². The number of pyridine rings is 1. The van der Waals surface area contributed by atoms with E-state index in [9.17, 15) is 9.59 Å². The number of nitrogens with one attached hydrogen (secondary N) is 2. The van der Waals surface area contributed by atoms with Crippen LogP contribution in [0.15, 0.2) is 51.9 Å². The summed E-state index contributed by atoms with van der Waals surface area (Å²) in [6.07, 6.45) is 4.83. The molecule has 2 heterocycles. The molecule has 0 spiro atoms. The van der Waals surface area contributed by atoms with E-state index in [2.05, 4.69) is 55.4 Å². The van der Waals surface area contributed by atoms with Crippen molar-refractivity contribution < 1.29 is 4.79 Å². The number of anilines is 1. The number of H-pyrrole nitrogens is 1. The third-order valence-corrected chi connectivity index (χ3v) is 5.53. The molecule has 0 bridgehead atoms. The molecule has 0 radical (unpaired) electrons. The van der Waals surface area contributed by atoms with Gasteiger partial charge >= 0.3 is 0 Å². The molecule has 0 saturated carbocycles. The van der Waals surface area contributed by atoms with E-state index >= 15 is 0 Å². The summed E-state index contributed by atoms with van der Waals surface area (Å²) < 4.78 is 0.724. The minimum absolute atomic E-state index is 0.143. The number of amides is 1. The lowest BCUT2D eigenvalue weighted by atomic mass is 9.89. The predicted octanol–water partition coefficient (Wildman–Crippen LogP) is 3.42. The summed E-state index contributed by atoms with van der Waals surface area (Å²) in [6, 6.07) is 11.9. The largest absolute Gasteiger partial charge is 0.326 e. The Morgan fingerprint density at radius 3 is 2.69 bits per heavy atom. The minimum atomic E-state index is -0.296. The van der Waals surface area contributed by atoms with Crippen LogP contribution in [0.1, 0.15) is 25.3 Å². The van der Waals surface area contributed by atoms with E-state index in [1.807, 2.05) is 13.0 Å². The van der Waals surface area contributed by atoms with Crippen LogP contribution < -0.4 is 10.9 Å². The van der Waals surface area contributed by atoms with Crippen molar-refractivity contribution in [2.24, 2.45) is 5.92 Å². The van der Waals surface area contributed by atoms with E-state index in [1.54, 1.807) is 12.3 Å². The molecular weight excluding hydrogens is 394 g/mol. The average molecular weight is 418 g/mol. The van der Waals surface area contributed by atoms with Gasteiger partial charge in [-0.1, -0.05) is 30.3 Å². The normalized spacial score (nSPS) is 17.0. The molecule has 1 fully saturated rings. The predicted molar refractivity (Wildman–Crippen MR) is 107 cm³/mol. The molecule has 1 aromatic carbocycles. The van der Waals surface area contributed by atoms with Gasteiger partial charge in [-0.25, -0.2) is 0 Å². The molecule has 5 nitrogen and oxygen atoms in total. The molecule has 6 heteroatoms. The number of hydrogen-bond acceptors (Lipinski definition) is 3. The Morgan fingerprint density at radius 2 is 2.00 bits per heavy atom. The Labute approximate surface area is 161 Å². The first-order chi connectivity index (χ1) is 12.5. The molecule has 1 amide bonds. The van der Waals surface area contributed by atoms with Crippen LogP contribution in [-0.4, -0.2) is 34.9 Å². The summed E-state index contributed by atoms with van der Waals surface area (Å²) in [7, 11) is 0. The Kier molecular flexibility index (Phi) is 6.27.